The number of rotatable bonds is 3. The van der Waals surface area contributed by atoms with Gasteiger partial charge in [0.2, 0.25) is 5.75 Å². The summed E-state index contributed by atoms with van der Waals surface area (Å²) in [5.74, 6) is -3.29. The zero-order valence-corrected chi connectivity index (χ0v) is 8.72. The molecule has 1 rings (SSSR count). The quantitative estimate of drug-likeness (QED) is 0.820. The summed E-state index contributed by atoms with van der Waals surface area (Å²) in [7, 11) is 0. The molecular formula is C8H5ClF3NO4. The first-order valence-electron chi connectivity index (χ1n) is 4.06. The third-order valence-electron chi connectivity index (χ3n) is 1.64. The lowest BCUT2D eigenvalue weighted by atomic mass is 10.2. The van der Waals surface area contributed by atoms with Gasteiger partial charge < -0.3 is 14.8 Å². The molecular weight excluding hydrogens is 267 g/mol. The smallest absolute Gasteiger partial charge is 0.478 e. The van der Waals surface area contributed by atoms with E-state index >= 15 is 0 Å². The molecule has 0 saturated heterocycles. The van der Waals surface area contributed by atoms with E-state index in [1.807, 2.05) is 4.98 Å². The van der Waals surface area contributed by atoms with E-state index < -0.39 is 29.2 Å². The van der Waals surface area contributed by atoms with Crippen LogP contribution >= 0.6 is 11.6 Å². The fraction of sp³-hybridized carbons (Fsp3) is 0.250. The third kappa shape index (κ3) is 3.38. The van der Waals surface area contributed by atoms with E-state index in [-0.39, 0.29) is 11.6 Å². The van der Waals surface area contributed by atoms with Crippen molar-refractivity contribution in [3.05, 3.63) is 27.7 Å². The minimum absolute atomic E-state index is 0.0245. The van der Waals surface area contributed by atoms with Gasteiger partial charge in [-0.25, -0.2) is 4.79 Å². The minimum atomic E-state index is -5.15. The number of hydrogen-bond donors (Lipinski definition) is 2. The van der Waals surface area contributed by atoms with Gasteiger partial charge >= 0.3 is 12.3 Å². The van der Waals surface area contributed by atoms with Crippen LogP contribution in [0, 0.1) is 0 Å². The van der Waals surface area contributed by atoms with Gasteiger partial charge in [-0.05, 0) is 6.07 Å². The highest BCUT2D eigenvalue weighted by Gasteiger charge is 2.34. The van der Waals surface area contributed by atoms with Crippen molar-refractivity contribution in [1.82, 2.24) is 4.98 Å². The molecule has 0 aliphatic rings. The summed E-state index contributed by atoms with van der Waals surface area (Å²) in [5.41, 5.74) is -2.23. The lowest BCUT2D eigenvalue weighted by Crippen LogP contribution is -2.25. The van der Waals surface area contributed by atoms with Crippen LogP contribution < -0.4 is 10.3 Å². The molecule has 0 unspecified atom stereocenters. The number of aromatic carboxylic acids is 1. The predicted molar refractivity (Wildman–Crippen MR) is 50.3 cm³/mol. The highest BCUT2D eigenvalue weighted by molar-refractivity contribution is 6.17. The Labute approximate surface area is 96.8 Å². The van der Waals surface area contributed by atoms with Gasteiger partial charge in [-0.3, -0.25) is 4.79 Å². The summed E-state index contributed by atoms with van der Waals surface area (Å²) in [6.07, 6.45) is -5.15. The van der Waals surface area contributed by atoms with Gasteiger partial charge in [0.25, 0.3) is 5.56 Å². The molecule has 0 saturated carbocycles. The van der Waals surface area contributed by atoms with Crippen molar-refractivity contribution in [2.24, 2.45) is 0 Å². The van der Waals surface area contributed by atoms with Crippen molar-refractivity contribution < 1.29 is 27.8 Å². The number of nitrogens with one attached hydrogen (secondary N) is 1. The third-order valence-corrected chi connectivity index (χ3v) is 1.92. The Morgan fingerprint density at radius 3 is 2.53 bits per heavy atom. The van der Waals surface area contributed by atoms with E-state index in [9.17, 15) is 22.8 Å². The molecule has 0 amide bonds. The molecule has 2 N–H and O–H groups in total. The van der Waals surface area contributed by atoms with Crippen LogP contribution in [0.25, 0.3) is 0 Å². The van der Waals surface area contributed by atoms with Crippen LogP contribution in [-0.2, 0) is 5.88 Å². The molecule has 17 heavy (non-hydrogen) atoms. The first kappa shape index (κ1) is 13.4. The van der Waals surface area contributed by atoms with Gasteiger partial charge in [0.15, 0.2) is 0 Å². The molecule has 0 aliphatic carbocycles. The lowest BCUT2D eigenvalue weighted by molar-refractivity contribution is -0.275. The standard InChI is InChI=1S/C8H5ClF3NO4/c9-2-3-1-4(7(15)16)5(6(14)13-3)17-8(10,11)12/h1H,2H2,(H,13,14)(H,15,16). The summed E-state index contributed by atoms with van der Waals surface area (Å²) in [6.45, 7) is 0. The molecule has 0 fully saturated rings. The van der Waals surface area contributed by atoms with E-state index in [0.717, 1.165) is 6.07 Å². The Bertz CT molecular complexity index is 497. The highest BCUT2D eigenvalue weighted by Crippen LogP contribution is 2.23. The fourth-order valence-corrected chi connectivity index (χ4v) is 1.19. The van der Waals surface area contributed by atoms with Crippen LogP contribution in [0.1, 0.15) is 16.1 Å². The van der Waals surface area contributed by atoms with Gasteiger partial charge in [-0.2, -0.15) is 0 Å². The minimum Gasteiger partial charge on any atom is -0.478 e. The molecule has 94 valence electrons. The molecule has 0 spiro atoms. The number of aromatic nitrogens is 1. The zero-order valence-electron chi connectivity index (χ0n) is 7.97. The van der Waals surface area contributed by atoms with Crippen molar-refractivity contribution in [2.45, 2.75) is 12.2 Å². The SMILES string of the molecule is O=C(O)c1cc(CCl)[nH]c(=O)c1OC(F)(F)F. The maximum Gasteiger partial charge on any atom is 0.573 e. The van der Waals surface area contributed by atoms with Crippen molar-refractivity contribution in [2.75, 3.05) is 0 Å². The molecule has 9 heteroatoms. The molecule has 5 nitrogen and oxygen atoms in total. The molecule has 0 bridgehead atoms. The van der Waals surface area contributed by atoms with Crippen LogP contribution in [0.3, 0.4) is 0 Å². The van der Waals surface area contributed by atoms with Crippen LogP contribution in [0.4, 0.5) is 13.2 Å². The average molecular weight is 272 g/mol. The second-order valence-corrected chi connectivity index (χ2v) is 3.12. The second-order valence-electron chi connectivity index (χ2n) is 2.85. The molecule has 1 heterocycles. The van der Waals surface area contributed by atoms with Gasteiger partial charge in [-0.15, -0.1) is 24.8 Å². The number of hydrogen-bond acceptors (Lipinski definition) is 3. The van der Waals surface area contributed by atoms with Crippen molar-refractivity contribution in [1.29, 1.82) is 0 Å². The van der Waals surface area contributed by atoms with E-state index in [2.05, 4.69) is 4.74 Å². The number of halogens is 4. The van der Waals surface area contributed by atoms with E-state index in [4.69, 9.17) is 16.7 Å². The van der Waals surface area contributed by atoms with Crippen molar-refractivity contribution in [3.8, 4) is 5.75 Å². The number of aromatic amines is 1. The Kier molecular flexibility index (Phi) is 3.66. The van der Waals surface area contributed by atoms with Crippen molar-refractivity contribution >= 4 is 17.6 Å². The summed E-state index contributed by atoms with van der Waals surface area (Å²) >= 11 is 5.33. The van der Waals surface area contributed by atoms with E-state index in [1.54, 1.807) is 0 Å². The average Bonchev–Trinajstić information content (AvgIpc) is 2.18. The topological polar surface area (TPSA) is 79.4 Å². The Morgan fingerprint density at radius 1 is 1.53 bits per heavy atom. The van der Waals surface area contributed by atoms with Crippen molar-refractivity contribution in [3.63, 3.8) is 0 Å². The van der Waals surface area contributed by atoms with Gasteiger partial charge in [-0.1, -0.05) is 0 Å². The van der Waals surface area contributed by atoms with Crippen LogP contribution in [0.5, 0.6) is 5.75 Å². The zero-order chi connectivity index (χ0) is 13.2. The Balaban J connectivity index is 3.37. The normalized spacial score (nSPS) is 11.3. The van der Waals surface area contributed by atoms with Crippen LogP contribution in [0.15, 0.2) is 10.9 Å². The first-order valence-corrected chi connectivity index (χ1v) is 4.59. The van der Waals surface area contributed by atoms with Gasteiger partial charge in [0.05, 0.1) is 5.88 Å². The van der Waals surface area contributed by atoms with Gasteiger partial charge in [0, 0.05) is 5.69 Å². The summed E-state index contributed by atoms with van der Waals surface area (Å²) in [6, 6.07) is 0.803. The number of pyridine rings is 1. The Hall–Kier alpha value is -1.70. The summed E-state index contributed by atoms with van der Waals surface area (Å²) < 4.78 is 39.2. The predicted octanol–water partition coefficient (Wildman–Crippen LogP) is 1.71. The maximum absolute atomic E-state index is 12.0. The maximum atomic E-state index is 12.0. The second kappa shape index (κ2) is 4.66. The number of carboxylic acid groups (broad SMARTS) is 1. The van der Waals surface area contributed by atoms with E-state index in [0.29, 0.717) is 0 Å². The monoisotopic (exact) mass is 271 g/mol. The molecule has 0 aromatic carbocycles. The summed E-state index contributed by atoms with van der Waals surface area (Å²) in [4.78, 5) is 23.9. The first-order chi connectivity index (χ1) is 7.74. The molecule has 0 aliphatic heterocycles. The molecule has 0 radical (unpaired) electrons. The molecule has 1 aromatic rings. The van der Waals surface area contributed by atoms with Crippen LogP contribution in [0.2, 0.25) is 0 Å². The fourth-order valence-electron chi connectivity index (χ4n) is 1.05. The van der Waals surface area contributed by atoms with Crippen LogP contribution in [-0.4, -0.2) is 22.4 Å². The van der Waals surface area contributed by atoms with E-state index in [1.165, 1.54) is 0 Å². The number of ether oxygens (including phenoxy) is 1. The number of carboxylic acids is 1. The molecule has 1 aromatic heterocycles. The number of H-pyrrole nitrogens is 1. The summed E-state index contributed by atoms with van der Waals surface area (Å²) in [5, 5.41) is 8.66. The number of alkyl halides is 4. The van der Waals surface area contributed by atoms with Gasteiger partial charge in [0.1, 0.15) is 5.56 Å². The Morgan fingerprint density at radius 2 is 2.12 bits per heavy atom. The number of carbonyl (C=O) groups is 1. The lowest BCUT2D eigenvalue weighted by Gasteiger charge is -2.10. The molecule has 0 atom stereocenters. The highest BCUT2D eigenvalue weighted by atomic mass is 35.5. The largest absolute Gasteiger partial charge is 0.573 e.